The molecule has 0 aliphatic carbocycles. The largest absolute Gasteiger partial charge is 0.322 e. The molecule has 0 atom stereocenters. The molecule has 0 bridgehead atoms. The molecule has 98 valence electrons. The lowest BCUT2D eigenvalue weighted by Gasteiger charge is -2.05. The molecule has 2 aromatic heterocycles. The number of rotatable bonds is 3. The van der Waals surface area contributed by atoms with Crippen molar-refractivity contribution < 1.29 is 0 Å². The molecule has 3 rings (SSSR count). The lowest BCUT2D eigenvalue weighted by Crippen LogP contribution is -2.02. The lowest BCUT2D eigenvalue weighted by molar-refractivity contribution is 0.789. The van der Waals surface area contributed by atoms with E-state index in [0.29, 0.717) is 10.9 Å². The van der Waals surface area contributed by atoms with Gasteiger partial charge in [0, 0.05) is 9.75 Å². The zero-order valence-electron chi connectivity index (χ0n) is 10.4. The number of thiophene rings is 1. The maximum Gasteiger partial charge on any atom is 0.125 e. The van der Waals surface area contributed by atoms with E-state index in [0.717, 1.165) is 23.4 Å². The van der Waals surface area contributed by atoms with Gasteiger partial charge in [0.1, 0.15) is 11.3 Å². The fourth-order valence-corrected chi connectivity index (χ4v) is 3.46. The highest BCUT2D eigenvalue weighted by Gasteiger charge is 2.13. The molecule has 0 aliphatic rings. The summed E-state index contributed by atoms with van der Waals surface area (Å²) in [6, 6.07) is 10.1. The molecule has 3 aromatic rings. The SMILES string of the molecule is Cc1ccc(Cn2c(CCl)nc3c(Cl)cccc32)s1. The molecule has 2 heterocycles. The van der Waals surface area contributed by atoms with Crippen molar-refractivity contribution in [3.05, 3.63) is 50.9 Å². The zero-order chi connectivity index (χ0) is 13.4. The summed E-state index contributed by atoms with van der Waals surface area (Å²) < 4.78 is 2.14. The van der Waals surface area contributed by atoms with E-state index in [1.807, 2.05) is 18.2 Å². The van der Waals surface area contributed by atoms with Crippen LogP contribution in [0.3, 0.4) is 0 Å². The summed E-state index contributed by atoms with van der Waals surface area (Å²) in [7, 11) is 0. The Labute approximate surface area is 125 Å². The Morgan fingerprint density at radius 2 is 2.11 bits per heavy atom. The second-order valence-electron chi connectivity index (χ2n) is 4.37. The van der Waals surface area contributed by atoms with E-state index in [2.05, 4.69) is 28.6 Å². The molecule has 1 aromatic carbocycles. The molecule has 5 heteroatoms. The Morgan fingerprint density at radius 3 is 2.79 bits per heavy atom. The minimum Gasteiger partial charge on any atom is -0.322 e. The summed E-state index contributed by atoms with van der Waals surface area (Å²) in [6.07, 6.45) is 0. The summed E-state index contributed by atoms with van der Waals surface area (Å²) in [6.45, 7) is 2.90. The third-order valence-corrected chi connectivity index (χ3v) is 4.57. The summed E-state index contributed by atoms with van der Waals surface area (Å²) in [5.74, 6) is 1.24. The number of halogens is 2. The predicted octanol–water partition coefficient (Wildman–Crippen LogP) is 4.85. The monoisotopic (exact) mass is 310 g/mol. The van der Waals surface area contributed by atoms with Crippen LogP contribution in [0.2, 0.25) is 5.02 Å². The highest BCUT2D eigenvalue weighted by molar-refractivity contribution is 7.11. The van der Waals surface area contributed by atoms with Crippen molar-refractivity contribution in [1.82, 2.24) is 9.55 Å². The van der Waals surface area contributed by atoms with Crippen LogP contribution in [0, 0.1) is 6.92 Å². The average Bonchev–Trinajstić information content (AvgIpc) is 2.96. The number of para-hydroxylation sites is 1. The second-order valence-corrected chi connectivity index (χ2v) is 6.41. The zero-order valence-corrected chi connectivity index (χ0v) is 12.7. The standard InChI is InChI=1S/C14H12Cl2N2S/c1-9-5-6-10(19-9)8-18-12-4-2-3-11(16)14(12)17-13(18)7-15/h2-6H,7-8H2,1H3. The highest BCUT2D eigenvalue weighted by atomic mass is 35.5. The van der Waals surface area contributed by atoms with Crippen molar-refractivity contribution in [2.24, 2.45) is 0 Å². The van der Waals surface area contributed by atoms with Crippen LogP contribution in [0.1, 0.15) is 15.6 Å². The molecule has 19 heavy (non-hydrogen) atoms. The summed E-state index contributed by atoms with van der Waals surface area (Å²) in [4.78, 5) is 7.14. The van der Waals surface area contributed by atoms with Gasteiger partial charge >= 0.3 is 0 Å². The van der Waals surface area contributed by atoms with Crippen LogP contribution in [0.25, 0.3) is 11.0 Å². The first kappa shape index (κ1) is 13.0. The van der Waals surface area contributed by atoms with Crippen LogP contribution in [0.5, 0.6) is 0 Å². The Bertz CT molecular complexity index is 730. The molecule has 0 aliphatic heterocycles. The number of fused-ring (bicyclic) bond motifs is 1. The molecule has 0 saturated heterocycles. The molecule has 0 saturated carbocycles. The highest BCUT2D eigenvalue weighted by Crippen LogP contribution is 2.26. The van der Waals surface area contributed by atoms with Gasteiger partial charge in [-0.25, -0.2) is 4.98 Å². The van der Waals surface area contributed by atoms with Crippen molar-refractivity contribution in [2.75, 3.05) is 0 Å². The first-order valence-corrected chi connectivity index (χ1v) is 7.67. The Hall–Kier alpha value is -1.03. The molecule has 2 nitrogen and oxygen atoms in total. The molecule has 0 radical (unpaired) electrons. The molecule has 0 spiro atoms. The number of aryl methyl sites for hydroxylation is 1. The minimum atomic E-state index is 0.384. The maximum atomic E-state index is 6.19. The Kier molecular flexibility index (Phi) is 3.52. The third kappa shape index (κ3) is 2.38. The number of benzene rings is 1. The van der Waals surface area contributed by atoms with E-state index in [-0.39, 0.29) is 0 Å². The van der Waals surface area contributed by atoms with E-state index >= 15 is 0 Å². The summed E-state index contributed by atoms with van der Waals surface area (Å²) >= 11 is 14.0. The Morgan fingerprint density at radius 1 is 1.26 bits per heavy atom. The van der Waals surface area contributed by atoms with Crippen LogP contribution in [0.15, 0.2) is 30.3 Å². The quantitative estimate of drug-likeness (QED) is 0.632. The predicted molar refractivity (Wildman–Crippen MR) is 82.5 cm³/mol. The van der Waals surface area contributed by atoms with Crippen LogP contribution in [0.4, 0.5) is 0 Å². The molecular formula is C14H12Cl2N2S. The lowest BCUT2D eigenvalue weighted by atomic mass is 10.3. The van der Waals surface area contributed by atoms with Gasteiger partial charge in [0.2, 0.25) is 0 Å². The first-order chi connectivity index (χ1) is 9.19. The number of hydrogen-bond donors (Lipinski definition) is 0. The minimum absolute atomic E-state index is 0.384. The van der Waals surface area contributed by atoms with Crippen molar-refractivity contribution in [3.63, 3.8) is 0 Å². The van der Waals surface area contributed by atoms with Crippen molar-refractivity contribution >= 4 is 45.6 Å². The van der Waals surface area contributed by atoms with Crippen molar-refractivity contribution in [2.45, 2.75) is 19.3 Å². The van der Waals surface area contributed by atoms with E-state index in [1.54, 1.807) is 11.3 Å². The summed E-state index contributed by atoms with van der Waals surface area (Å²) in [5.41, 5.74) is 1.86. The van der Waals surface area contributed by atoms with Gasteiger partial charge < -0.3 is 4.57 Å². The van der Waals surface area contributed by atoms with E-state index in [9.17, 15) is 0 Å². The molecule has 0 N–H and O–H groups in total. The molecule has 0 fully saturated rings. The van der Waals surface area contributed by atoms with Gasteiger partial charge in [0.05, 0.1) is 23.0 Å². The smallest absolute Gasteiger partial charge is 0.125 e. The van der Waals surface area contributed by atoms with Crippen LogP contribution in [-0.4, -0.2) is 9.55 Å². The number of hydrogen-bond acceptors (Lipinski definition) is 2. The topological polar surface area (TPSA) is 17.8 Å². The van der Waals surface area contributed by atoms with E-state index in [4.69, 9.17) is 23.2 Å². The molecule has 0 amide bonds. The molecular weight excluding hydrogens is 299 g/mol. The average molecular weight is 311 g/mol. The van der Waals surface area contributed by atoms with Crippen molar-refractivity contribution in [1.29, 1.82) is 0 Å². The Balaban J connectivity index is 2.13. The maximum absolute atomic E-state index is 6.19. The van der Waals surface area contributed by atoms with E-state index in [1.165, 1.54) is 9.75 Å². The number of alkyl halides is 1. The van der Waals surface area contributed by atoms with Gasteiger partial charge in [0.25, 0.3) is 0 Å². The van der Waals surface area contributed by atoms with Gasteiger partial charge in [-0.1, -0.05) is 17.7 Å². The van der Waals surface area contributed by atoms with Gasteiger partial charge in [0.15, 0.2) is 0 Å². The van der Waals surface area contributed by atoms with Gasteiger partial charge in [-0.05, 0) is 31.2 Å². The number of imidazole rings is 1. The third-order valence-electron chi connectivity index (χ3n) is 3.04. The van der Waals surface area contributed by atoms with E-state index < -0.39 is 0 Å². The first-order valence-electron chi connectivity index (χ1n) is 5.94. The van der Waals surface area contributed by atoms with Gasteiger partial charge in [-0.2, -0.15) is 0 Å². The fraction of sp³-hybridized carbons (Fsp3) is 0.214. The number of nitrogens with zero attached hydrogens (tertiary/aromatic N) is 2. The fourth-order valence-electron chi connectivity index (χ4n) is 2.17. The number of aromatic nitrogens is 2. The van der Waals surface area contributed by atoms with Crippen LogP contribution in [-0.2, 0) is 12.4 Å². The second kappa shape index (κ2) is 5.16. The van der Waals surface area contributed by atoms with Crippen molar-refractivity contribution in [3.8, 4) is 0 Å². The normalized spacial score (nSPS) is 11.3. The van der Waals surface area contributed by atoms with Crippen LogP contribution < -0.4 is 0 Å². The molecule has 0 unspecified atom stereocenters. The summed E-state index contributed by atoms with van der Waals surface area (Å²) in [5, 5.41) is 0.671. The van der Waals surface area contributed by atoms with Gasteiger partial charge in [-0.15, -0.1) is 22.9 Å². The van der Waals surface area contributed by atoms with Crippen LogP contribution >= 0.6 is 34.5 Å². The van der Waals surface area contributed by atoms with Gasteiger partial charge in [-0.3, -0.25) is 0 Å².